The van der Waals surface area contributed by atoms with E-state index in [1.807, 2.05) is 44.2 Å². The Morgan fingerprint density at radius 1 is 1.20 bits per heavy atom. The summed E-state index contributed by atoms with van der Waals surface area (Å²) in [6.45, 7) is 5.90. The average Bonchev–Trinajstić information content (AvgIpc) is 2.42. The van der Waals surface area contributed by atoms with Gasteiger partial charge in [0.15, 0.2) is 0 Å². The van der Waals surface area contributed by atoms with Gasteiger partial charge in [0, 0.05) is 12.6 Å². The second kappa shape index (κ2) is 5.77. The molecule has 0 bridgehead atoms. The Labute approximate surface area is 117 Å². The van der Waals surface area contributed by atoms with E-state index in [2.05, 4.69) is 10.3 Å². The van der Waals surface area contributed by atoms with Gasteiger partial charge in [-0.2, -0.15) is 0 Å². The first-order valence-electron chi connectivity index (χ1n) is 6.64. The molecule has 0 aliphatic carbocycles. The van der Waals surface area contributed by atoms with Crippen LogP contribution in [0.1, 0.15) is 31.0 Å². The van der Waals surface area contributed by atoms with Crippen LogP contribution in [0.5, 0.6) is 0 Å². The van der Waals surface area contributed by atoms with Crippen LogP contribution >= 0.6 is 0 Å². The molecule has 1 aromatic carbocycles. The lowest BCUT2D eigenvalue weighted by atomic mass is 10.2. The predicted octanol–water partition coefficient (Wildman–Crippen LogP) is 2.04. The van der Waals surface area contributed by atoms with Crippen molar-refractivity contribution in [2.24, 2.45) is 0 Å². The number of hydrogen-bond donors (Lipinski definition) is 2. The van der Waals surface area contributed by atoms with Crippen LogP contribution in [0.15, 0.2) is 39.9 Å². The lowest BCUT2D eigenvalue weighted by Crippen LogP contribution is -2.38. The fourth-order valence-corrected chi connectivity index (χ4v) is 2.07. The van der Waals surface area contributed by atoms with Gasteiger partial charge in [-0.1, -0.05) is 30.3 Å². The highest BCUT2D eigenvalue weighted by atomic mass is 16.2. The van der Waals surface area contributed by atoms with Crippen LogP contribution in [0, 0.1) is 6.92 Å². The zero-order valence-electron chi connectivity index (χ0n) is 11.9. The van der Waals surface area contributed by atoms with E-state index in [0.717, 1.165) is 5.56 Å². The third kappa shape index (κ3) is 2.82. The highest BCUT2D eigenvalue weighted by Gasteiger charge is 2.12. The molecular weight excluding hydrogens is 254 g/mol. The fourth-order valence-electron chi connectivity index (χ4n) is 2.07. The van der Waals surface area contributed by atoms with Crippen molar-refractivity contribution >= 4 is 5.82 Å². The topological polar surface area (TPSA) is 66.9 Å². The first-order valence-corrected chi connectivity index (χ1v) is 6.64. The molecule has 1 heterocycles. The van der Waals surface area contributed by atoms with Gasteiger partial charge in [0.25, 0.3) is 5.56 Å². The summed E-state index contributed by atoms with van der Waals surface area (Å²) in [5, 5.41) is 3.11. The van der Waals surface area contributed by atoms with Gasteiger partial charge in [-0.3, -0.25) is 14.3 Å². The van der Waals surface area contributed by atoms with Gasteiger partial charge >= 0.3 is 5.69 Å². The molecular formula is C15H19N3O2. The third-order valence-electron chi connectivity index (χ3n) is 3.19. The lowest BCUT2D eigenvalue weighted by molar-refractivity contribution is 0.543. The molecule has 0 atom stereocenters. The first kappa shape index (κ1) is 14.1. The summed E-state index contributed by atoms with van der Waals surface area (Å²) in [6.07, 6.45) is 0. The molecule has 1 aromatic heterocycles. The van der Waals surface area contributed by atoms with Crippen molar-refractivity contribution in [2.75, 3.05) is 5.32 Å². The van der Waals surface area contributed by atoms with E-state index in [1.165, 1.54) is 4.57 Å². The Morgan fingerprint density at radius 3 is 2.45 bits per heavy atom. The summed E-state index contributed by atoms with van der Waals surface area (Å²) in [7, 11) is 0. The molecule has 0 spiro atoms. The standard InChI is InChI=1S/C15H19N3O2/c1-10(2)18-14(19)11(3)13(17-15(18)20)16-9-12-7-5-4-6-8-12/h4-8,10,16H,9H2,1-3H3,(H,17,20). The van der Waals surface area contributed by atoms with Crippen LogP contribution in [0.25, 0.3) is 0 Å². The van der Waals surface area contributed by atoms with E-state index in [0.29, 0.717) is 17.9 Å². The smallest absolute Gasteiger partial charge is 0.330 e. The van der Waals surface area contributed by atoms with Crippen LogP contribution in [-0.2, 0) is 6.54 Å². The fraction of sp³-hybridized carbons (Fsp3) is 0.333. The number of nitrogens with one attached hydrogen (secondary N) is 2. The summed E-state index contributed by atoms with van der Waals surface area (Å²) in [6, 6.07) is 9.65. The summed E-state index contributed by atoms with van der Waals surface area (Å²) in [4.78, 5) is 26.8. The van der Waals surface area contributed by atoms with E-state index in [4.69, 9.17) is 0 Å². The summed E-state index contributed by atoms with van der Waals surface area (Å²) in [5.74, 6) is 0.487. The molecule has 0 unspecified atom stereocenters. The number of aromatic nitrogens is 2. The van der Waals surface area contributed by atoms with Crippen molar-refractivity contribution in [2.45, 2.75) is 33.4 Å². The van der Waals surface area contributed by atoms with Gasteiger partial charge in [0.05, 0.1) is 5.56 Å². The highest BCUT2D eigenvalue weighted by Crippen LogP contribution is 2.08. The molecule has 5 heteroatoms. The minimum absolute atomic E-state index is 0.159. The summed E-state index contributed by atoms with van der Waals surface area (Å²) in [5.41, 5.74) is 0.973. The first-order chi connectivity index (χ1) is 9.50. The molecule has 0 radical (unpaired) electrons. The summed E-state index contributed by atoms with van der Waals surface area (Å²) < 4.78 is 1.23. The second-order valence-corrected chi connectivity index (χ2v) is 5.04. The highest BCUT2D eigenvalue weighted by molar-refractivity contribution is 5.42. The van der Waals surface area contributed by atoms with Crippen LogP contribution < -0.4 is 16.6 Å². The van der Waals surface area contributed by atoms with Crippen molar-refractivity contribution in [1.82, 2.24) is 9.55 Å². The van der Waals surface area contributed by atoms with Crippen LogP contribution in [0.3, 0.4) is 0 Å². The maximum Gasteiger partial charge on any atom is 0.330 e. The van der Waals surface area contributed by atoms with Crippen molar-refractivity contribution in [3.8, 4) is 0 Å². The molecule has 0 aliphatic rings. The molecule has 20 heavy (non-hydrogen) atoms. The van der Waals surface area contributed by atoms with Crippen molar-refractivity contribution in [1.29, 1.82) is 0 Å². The quantitative estimate of drug-likeness (QED) is 0.895. The van der Waals surface area contributed by atoms with Crippen molar-refractivity contribution < 1.29 is 0 Å². The largest absolute Gasteiger partial charge is 0.367 e. The number of H-pyrrole nitrogens is 1. The second-order valence-electron chi connectivity index (χ2n) is 5.04. The van der Waals surface area contributed by atoms with Gasteiger partial charge in [0.1, 0.15) is 5.82 Å². The van der Waals surface area contributed by atoms with Gasteiger partial charge in [-0.05, 0) is 26.3 Å². The van der Waals surface area contributed by atoms with Gasteiger partial charge in [0.2, 0.25) is 0 Å². The van der Waals surface area contributed by atoms with Crippen LogP contribution in [-0.4, -0.2) is 9.55 Å². The van der Waals surface area contributed by atoms with Crippen molar-refractivity contribution in [3.63, 3.8) is 0 Å². The molecule has 0 saturated heterocycles. The Morgan fingerprint density at radius 2 is 1.85 bits per heavy atom. The molecule has 0 aliphatic heterocycles. The molecule has 106 valence electrons. The zero-order valence-corrected chi connectivity index (χ0v) is 11.9. The summed E-state index contributed by atoms with van der Waals surface area (Å²) >= 11 is 0. The third-order valence-corrected chi connectivity index (χ3v) is 3.19. The van der Waals surface area contributed by atoms with Crippen LogP contribution in [0.2, 0.25) is 0 Å². The van der Waals surface area contributed by atoms with E-state index in [1.54, 1.807) is 6.92 Å². The zero-order chi connectivity index (χ0) is 14.7. The Hall–Kier alpha value is -2.30. The number of benzene rings is 1. The number of rotatable bonds is 4. The van der Waals surface area contributed by atoms with Gasteiger partial charge in [-0.25, -0.2) is 4.79 Å². The molecule has 5 nitrogen and oxygen atoms in total. The lowest BCUT2D eigenvalue weighted by Gasteiger charge is -2.13. The maximum atomic E-state index is 12.2. The Kier molecular flexibility index (Phi) is 4.08. The number of nitrogens with zero attached hydrogens (tertiary/aromatic N) is 1. The molecule has 0 fully saturated rings. The van der Waals surface area contributed by atoms with E-state index in [9.17, 15) is 9.59 Å². The Balaban J connectivity index is 2.30. The van der Waals surface area contributed by atoms with Crippen molar-refractivity contribution in [3.05, 3.63) is 62.3 Å². The normalized spacial score (nSPS) is 10.8. The minimum atomic E-state index is -0.383. The Bertz CT molecular complexity index is 699. The molecule has 2 aromatic rings. The molecule has 2 N–H and O–H groups in total. The van der Waals surface area contributed by atoms with Crippen LogP contribution in [0.4, 0.5) is 5.82 Å². The number of anilines is 1. The number of aromatic amines is 1. The SMILES string of the molecule is Cc1c(NCc2ccccc2)[nH]c(=O)n(C(C)C)c1=O. The van der Waals surface area contributed by atoms with Gasteiger partial charge in [-0.15, -0.1) is 0 Å². The van der Waals surface area contributed by atoms with E-state index < -0.39 is 0 Å². The maximum absolute atomic E-state index is 12.2. The van der Waals surface area contributed by atoms with Gasteiger partial charge < -0.3 is 5.32 Å². The van der Waals surface area contributed by atoms with E-state index >= 15 is 0 Å². The predicted molar refractivity (Wildman–Crippen MR) is 80.2 cm³/mol. The average molecular weight is 273 g/mol. The number of hydrogen-bond acceptors (Lipinski definition) is 3. The van der Waals surface area contributed by atoms with E-state index in [-0.39, 0.29) is 17.3 Å². The molecule has 0 amide bonds. The minimum Gasteiger partial charge on any atom is -0.367 e. The molecule has 2 rings (SSSR count). The molecule has 0 saturated carbocycles. The monoisotopic (exact) mass is 273 g/mol.